The van der Waals surface area contributed by atoms with Crippen LogP contribution in [0.3, 0.4) is 0 Å². The molecule has 18 heavy (non-hydrogen) atoms. The highest BCUT2D eigenvalue weighted by Crippen LogP contribution is 2.16. The maximum absolute atomic E-state index is 12.2. The van der Waals surface area contributed by atoms with Gasteiger partial charge in [0.25, 0.3) is 0 Å². The first-order valence-corrected chi connectivity index (χ1v) is 7.56. The second kappa shape index (κ2) is 6.87. The van der Waals surface area contributed by atoms with E-state index in [4.69, 9.17) is 5.11 Å². The molecule has 0 unspecified atom stereocenters. The van der Waals surface area contributed by atoms with E-state index in [9.17, 15) is 8.42 Å². The van der Waals surface area contributed by atoms with E-state index < -0.39 is 10.0 Å². The molecule has 0 radical (unpaired) electrons. The second-order valence-corrected chi connectivity index (χ2v) is 6.47. The number of aryl methyl sites for hydroxylation is 1. The van der Waals surface area contributed by atoms with Crippen LogP contribution in [-0.4, -0.2) is 38.0 Å². The van der Waals surface area contributed by atoms with Crippen molar-refractivity contribution in [1.82, 2.24) is 4.31 Å². The average molecular weight is 271 g/mol. The van der Waals surface area contributed by atoms with Gasteiger partial charge in [0, 0.05) is 20.2 Å². The Morgan fingerprint density at radius 2 is 1.94 bits per heavy atom. The Morgan fingerprint density at radius 3 is 2.56 bits per heavy atom. The van der Waals surface area contributed by atoms with Crippen molar-refractivity contribution in [2.45, 2.75) is 31.1 Å². The molecule has 0 saturated carbocycles. The van der Waals surface area contributed by atoms with E-state index >= 15 is 0 Å². The summed E-state index contributed by atoms with van der Waals surface area (Å²) in [6.07, 6.45) is 2.32. The Labute approximate surface area is 109 Å². The van der Waals surface area contributed by atoms with Crippen LogP contribution in [0.2, 0.25) is 0 Å². The van der Waals surface area contributed by atoms with Crippen molar-refractivity contribution in [3.63, 3.8) is 0 Å². The van der Waals surface area contributed by atoms with E-state index in [0.29, 0.717) is 11.4 Å². The van der Waals surface area contributed by atoms with Gasteiger partial charge in [-0.3, -0.25) is 0 Å². The lowest BCUT2D eigenvalue weighted by molar-refractivity contribution is 0.281. The Hall–Kier alpha value is -0.910. The van der Waals surface area contributed by atoms with Gasteiger partial charge in [-0.15, -0.1) is 0 Å². The molecular weight excluding hydrogens is 250 g/mol. The summed E-state index contributed by atoms with van der Waals surface area (Å²) in [5.41, 5.74) is 0.935. The molecule has 0 aliphatic heterocycles. The summed E-state index contributed by atoms with van der Waals surface area (Å²) in [6, 6.07) is 6.92. The summed E-state index contributed by atoms with van der Waals surface area (Å²) in [6.45, 7) is 2.52. The molecular formula is C13H21NO3S. The van der Waals surface area contributed by atoms with Crippen LogP contribution in [0.15, 0.2) is 29.2 Å². The van der Waals surface area contributed by atoms with Gasteiger partial charge in [0.15, 0.2) is 0 Å². The lowest BCUT2D eigenvalue weighted by Gasteiger charge is -2.17. The zero-order valence-corrected chi connectivity index (χ0v) is 11.8. The van der Waals surface area contributed by atoms with Crippen molar-refractivity contribution in [3.8, 4) is 0 Å². The van der Waals surface area contributed by atoms with E-state index in [1.807, 2.05) is 13.0 Å². The molecule has 0 heterocycles. The Balaban J connectivity index is 2.68. The minimum Gasteiger partial charge on any atom is -0.396 e. The number of unbranched alkanes of at least 4 members (excludes halogenated alkanes) is 2. The zero-order valence-electron chi connectivity index (χ0n) is 11.0. The van der Waals surface area contributed by atoms with E-state index in [2.05, 4.69) is 0 Å². The van der Waals surface area contributed by atoms with Crippen LogP contribution in [0, 0.1) is 6.92 Å². The number of sulfonamides is 1. The SMILES string of the molecule is Cc1cccc(S(=O)(=O)N(C)CCCCCO)c1. The van der Waals surface area contributed by atoms with Crippen LogP contribution < -0.4 is 0 Å². The Kier molecular flexibility index (Phi) is 5.78. The molecule has 1 N–H and O–H groups in total. The summed E-state index contributed by atoms with van der Waals surface area (Å²) < 4.78 is 25.8. The van der Waals surface area contributed by atoms with Crippen LogP contribution in [0.1, 0.15) is 24.8 Å². The minimum atomic E-state index is -3.38. The molecule has 0 aromatic heterocycles. The fourth-order valence-corrected chi connectivity index (χ4v) is 3.01. The Bertz CT molecular complexity index is 471. The van der Waals surface area contributed by atoms with Crippen LogP contribution in [-0.2, 0) is 10.0 Å². The van der Waals surface area contributed by atoms with Crippen LogP contribution in [0.25, 0.3) is 0 Å². The maximum atomic E-state index is 12.2. The molecule has 0 bridgehead atoms. The topological polar surface area (TPSA) is 57.6 Å². The molecule has 1 aromatic rings. The predicted octanol–water partition coefficient (Wildman–Crippen LogP) is 1.78. The first-order chi connectivity index (χ1) is 8.48. The first kappa shape index (κ1) is 15.1. The highest BCUT2D eigenvalue weighted by molar-refractivity contribution is 7.89. The molecule has 0 aliphatic carbocycles. The van der Waals surface area contributed by atoms with Gasteiger partial charge in [0.1, 0.15) is 0 Å². The van der Waals surface area contributed by atoms with Crippen LogP contribution >= 0.6 is 0 Å². The van der Waals surface area contributed by atoms with E-state index in [1.165, 1.54) is 4.31 Å². The van der Waals surface area contributed by atoms with Crippen molar-refractivity contribution in [3.05, 3.63) is 29.8 Å². The third kappa shape index (κ3) is 4.08. The quantitative estimate of drug-likeness (QED) is 0.769. The number of aliphatic hydroxyl groups is 1. The Morgan fingerprint density at radius 1 is 1.22 bits per heavy atom. The number of benzene rings is 1. The lowest BCUT2D eigenvalue weighted by Crippen LogP contribution is -2.28. The molecule has 0 amide bonds. The summed E-state index contributed by atoms with van der Waals surface area (Å²) in [5, 5.41) is 8.67. The standard InChI is InChI=1S/C13H21NO3S/c1-12-7-6-8-13(11-12)18(16,17)14(2)9-4-3-5-10-15/h6-8,11,15H,3-5,9-10H2,1-2H3. The van der Waals surface area contributed by atoms with Gasteiger partial charge >= 0.3 is 0 Å². The highest BCUT2D eigenvalue weighted by atomic mass is 32.2. The van der Waals surface area contributed by atoms with E-state index in [1.54, 1.807) is 25.2 Å². The monoisotopic (exact) mass is 271 g/mol. The fourth-order valence-electron chi connectivity index (χ4n) is 1.70. The van der Waals surface area contributed by atoms with Crippen molar-refractivity contribution in [2.75, 3.05) is 20.2 Å². The third-order valence-electron chi connectivity index (χ3n) is 2.83. The number of aliphatic hydroxyl groups excluding tert-OH is 1. The molecule has 0 atom stereocenters. The summed E-state index contributed by atoms with van der Waals surface area (Å²) in [7, 11) is -1.78. The van der Waals surface area contributed by atoms with Gasteiger partial charge < -0.3 is 5.11 Å². The average Bonchev–Trinajstić information content (AvgIpc) is 2.34. The van der Waals surface area contributed by atoms with Crippen molar-refractivity contribution >= 4 is 10.0 Å². The summed E-state index contributed by atoms with van der Waals surface area (Å²) in [5.74, 6) is 0. The number of rotatable bonds is 7. The van der Waals surface area contributed by atoms with E-state index in [0.717, 1.165) is 24.8 Å². The highest BCUT2D eigenvalue weighted by Gasteiger charge is 2.19. The molecule has 0 fully saturated rings. The van der Waals surface area contributed by atoms with Gasteiger partial charge in [-0.05, 0) is 43.9 Å². The number of nitrogens with zero attached hydrogens (tertiary/aromatic N) is 1. The minimum absolute atomic E-state index is 0.161. The van der Waals surface area contributed by atoms with Gasteiger partial charge in [0.2, 0.25) is 10.0 Å². The van der Waals surface area contributed by atoms with Gasteiger partial charge in [0.05, 0.1) is 4.90 Å². The largest absolute Gasteiger partial charge is 0.396 e. The maximum Gasteiger partial charge on any atom is 0.242 e. The predicted molar refractivity (Wildman–Crippen MR) is 71.9 cm³/mol. The molecule has 1 rings (SSSR count). The van der Waals surface area contributed by atoms with Gasteiger partial charge in [-0.1, -0.05) is 12.1 Å². The van der Waals surface area contributed by atoms with E-state index in [-0.39, 0.29) is 6.61 Å². The smallest absolute Gasteiger partial charge is 0.242 e. The van der Waals surface area contributed by atoms with Gasteiger partial charge in [-0.2, -0.15) is 0 Å². The summed E-state index contributed by atoms with van der Waals surface area (Å²) >= 11 is 0. The molecule has 1 aromatic carbocycles. The zero-order chi connectivity index (χ0) is 13.6. The van der Waals surface area contributed by atoms with Crippen molar-refractivity contribution < 1.29 is 13.5 Å². The van der Waals surface area contributed by atoms with Crippen molar-refractivity contribution in [2.24, 2.45) is 0 Å². The summed E-state index contributed by atoms with van der Waals surface area (Å²) in [4.78, 5) is 0.340. The molecule has 5 heteroatoms. The second-order valence-electron chi connectivity index (χ2n) is 4.43. The lowest BCUT2D eigenvalue weighted by atomic mass is 10.2. The third-order valence-corrected chi connectivity index (χ3v) is 4.68. The van der Waals surface area contributed by atoms with Crippen LogP contribution in [0.4, 0.5) is 0 Å². The molecule has 0 aliphatic rings. The molecule has 0 spiro atoms. The normalized spacial score (nSPS) is 12.0. The van der Waals surface area contributed by atoms with Crippen molar-refractivity contribution in [1.29, 1.82) is 0 Å². The fraction of sp³-hybridized carbons (Fsp3) is 0.538. The number of hydrogen-bond donors (Lipinski definition) is 1. The molecule has 102 valence electrons. The number of hydrogen-bond acceptors (Lipinski definition) is 3. The first-order valence-electron chi connectivity index (χ1n) is 6.12. The molecule has 4 nitrogen and oxygen atoms in total. The van der Waals surface area contributed by atoms with Gasteiger partial charge in [-0.25, -0.2) is 12.7 Å². The van der Waals surface area contributed by atoms with Crippen LogP contribution in [0.5, 0.6) is 0 Å². The molecule has 0 saturated heterocycles.